The van der Waals surface area contributed by atoms with Gasteiger partial charge in [0.2, 0.25) is 0 Å². The highest BCUT2D eigenvalue weighted by Crippen LogP contribution is 2.29. The lowest BCUT2D eigenvalue weighted by molar-refractivity contribution is 0.112. The molecule has 13 heavy (non-hydrogen) atoms. The van der Waals surface area contributed by atoms with Gasteiger partial charge >= 0.3 is 0 Å². The van der Waals surface area contributed by atoms with Gasteiger partial charge in [-0.3, -0.25) is 4.79 Å². The van der Waals surface area contributed by atoms with Gasteiger partial charge in [-0.25, -0.2) is 0 Å². The van der Waals surface area contributed by atoms with Crippen molar-refractivity contribution in [2.75, 3.05) is 0 Å². The Bertz CT molecular complexity index is 332. The summed E-state index contributed by atoms with van der Waals surface area (Å²) in [6, 6.07) is 5.13. The van der Waals surface area contributed by atoms with Crippen LogP contribution in [-0.4, -0.2) is 12.4 Å². The van der Waals surface area contributed by atoms with Gasteiger partial charge in [0.05, 0.1) is 11.1 Å². The molecule has 0 atom stereocenters. The van der Waals surface area contributed by atoms with Gasteiger partial charge in [0, 0.05) is 5.56 Å². The first-order valence-electron chi connectivity index (χ1n) is 4.21. The van der Waals surface area contributed by atoms with E-state index >= 15 is 0 Å². The Morgan fingerprint density at radius 1 is 1.46 bits per heavy atom. The van der Waals surface area contributed by atoms with Crippen LogP contribution in [0.3, 0.4) is 0 Å². The summed E-state index contributed by atoms with van der Waals surface area (Å²) in [7, 11) is 0. The Morgan fingerprint density at radius 3 is 2.77 bits per heavy atom. The minimum absolute atomic E-state index is 0.359. The molecule has 0 aromatic heterocycles. The van der Waals surface area contributed by atoms with Crippen LogP contribution in [0, 0.1) is 0 Å². The zero-order valence-electron chi connectivity index (χ0n) is 7.00. The molecule has 0 radical (unpaired) electrons. The van der Waals surface area contributed by atoms with E-state index in [0.29, 0.717) is 16.7 Å². The zero-order chi connectivity index (χ0) is 9.26. The Hall–Kier alpha value is -1.02. The van der Waals surface area contributed by atoms with Crippen molar-refractivity contribution in [1.29, 1.82) is 0 Å². The summed E-state index contributed by atoms with van der Waals surface area (Å²) in [5, 5.41) is 0.452. The molecule has 0 aliphatic heterocycles. The number of ether oxygens (including phenoxy) is 1. The number of hydrogen-bond donors (Lipinski definition) is 0. The monoisotopic (exact) mass is 196 g/mol. The average molecular weight is 197 g/mol. The van der Waals surface area contributed by atoms with Crippen molar-refractivity contribution in [3.63, 3.8) is 0 Å². The van der Waals surface area contributed by atoms with Gasteiger partial charge in [-0.15, -0.1) is 0 Å². The van der Waals surface area contributed by atoms with E-state index < -0.39 is 0 Å². The first kappa shape index (κ1) is 8.57. The summed E-state index contributed by atoms with van der Waals surface area (Å²) in [5.41, 5.74) is 0.504. The van der Waals surface area contributed by atoms with Gasteiger partial charge in [0.15, 0.2) is 6.29 Å². The van der Waals surface area contributed by atoms with E-state index in [2.05, 4.69) is 0 Å². The van der Waals surface area contributed by atoms with Crippen molar-refractivity contribution < 1.29 is 9.53 Å². The van der Waals surface area contributed by atoms with Gasteiger partial charge in [-0.2, -0.15) is 0 Å². The van der Waals surface area contributed by atoms with E-state index in [1.54, 1.807) is 18.2 Å². The SMILES string of the molecule is O=Cc1ccc(OC2CC2)cc1Cl. The Balaban J connectivity index is 2.18. The molecule has 2 rings (SSSR count). The molecule has 1 aromatic rings. The number of carbonyl (C=O) groups excluding carboxylic acids is 1. The first-order valence-corrected chi connectivity index (χ1v) is 4.59. The van der Waals surface area contributed by atoms with Crippen LogP contribution in [0.15, 0.2) is 18.2 Å². The number of carbonyl (C=O) groups is 1. The normalized spacial score (nSPS) is 15.5. The third-order valence-electron chi connectivity index (χ3n) is 1.93. The molecule has 0 N–H and O–H groups in total. The van der Waals surface area contributed by atoms with Crippen LogP contribution in [0.2, 0.25) is 5.02 Å². The summed E-state index contributed by atoms with van der Waals surface area (Å²) in [6.07, 6.45) is 3.33. The van der Waals surface area contributed by atoms with Crippen LogP contribution in [-0.2, 0) is 0 Å². The maximum absolute atomic E-state index is 10.4. The van der Waals surface area contributed by atoms with E-state index in [4.69, 9.17) is 16.3 Å². The predicted octanol–water partition coefficient (Wildman–Crippen LogP) is 2.69. The van der Waals surface area contributed by atoms with Gasteiger partial charge in [-0.1, -0.05) is 11.6 Å². The largest absolute Gasteiger partial charge is 0.490 e. The zero-order valence-corrected chi connectivity index (χ0v) is 7.75. The lowest BCUT2D eigenvalue weighted by Gasteiger charge is -2.04. The van der Waals surface area contributed by atoms with E-state index in [1.165, 1.54) is 0 Å². The molecular formula is C10H9ClO2. The summed E-state index contributed by atoms with van der Waals surface area (Å²) in [4.78, 5) is 10.4. The Morgan fingerprint density at radius 2 is 2.23 bits per heavy atom. The molecule has 1 aliphatic carbocycles. The molecule has 2 nitrogen and oxygen atoms in total. The fourth-order valence-corrected chi connectivity index (χ4v) is 1.27. The van der Waals surface area contributed by atoms with Crippen molar-refractivity contribution in [2.45, 2.75) is 18.9 Å². The second-order valence-corrected chi connectivity index (χ2v) is 3.53. The molecule has 0 amide bonds. The second kappa shape index (κ2) is 3.38. The maximum atomic E-state index is 10.4. The first-order chi connectivity index (χ1) is 6.29. The van der Waals surface area contributed by atoms with Gasteiger partial charge < -0.3 is 4.74 Å². The van der Waals surface area contributed by atoms with Crippen molar-refractivity contribution >= 4 is 17.9 Å². The van der Waals surface area contributed by atoms with Crippen LogP contribution in [0.4, 0.5) is 0 Å². The molecule has 0 heterocycles. The van der Waals surface area contributed by atoms with Gasteiger partial charge in [0.1, 0.15) is 5.75 Å². The maximum Gasteiger partial charge on any atom is 0.151 e. The number of aldehydes is 1. The minimum atomic E-state index is 0.359. The molecular weight excluding hydrogens is 188 g/mol. The molecule has 0 spiro atoms. The highest BCUT2D eigenvalue weighted by atomic mass is 35.5. The lowest BCUT2D eigenvalue weighted by atomic mass is 10.2. The van der Waals surface area contributed by atoms with E-state index in [1.807, 2.05) is 0 Å². The summed E-state index contributed by atoms with van der Waals surface area (Å²) < 4.78 is 5.51. The van der Waals surface area contributed by atoms with Crippen LogP contribution in [0.1, 0.15) is 23.2 Å². The van der Waals surface area contributed by atoms with E-state index in [-0.39, 0.29) is 0 Å². The average Bonchev–Trinajstić information content (AvgIpc) is 2.89. The van der Waals surface area contributed by atoms with Crippen LogP contribution < -0.4 is 4.74 Å². The van der Waals surface area contributed by atoms with E-state index in [0.717, 1.165) is 24.9 Å². The van der Waals surface area contributed by atoms with E-state index in [9.17, 15) is 4.79 Å². The summed E-state index contributed by atoms with van der Waals surface area (Å²) >= 11 is 5.82. The van der Waals surface area contributed by atoms with Crippen molar-refractivity contribution in [2.24, 2.45) is 0 Å². The molecule has 0 bridgehead atoms. The minimum Gasteiger partial charge on any atom is -0.490 e. The quantitative estimate of drug-likeness (QED) is 0.695. The Kier molecular flexibility index (Phi) is 2.23. The molecule has 1 aromatic carbocycles. The Labute approximate surface area is 81.5 Å². The summed E-state index contributed by atoms with van der Waals surface area (Å²) in [6.45, 7) is 0. The second-order valence-electron chi connectivity index (χ2n) is 3.12. The number of halogens is 1. The van der Waals surface area contributed by atoms with Crippen LogP contribution in [0.25, 0.3) is 0 Å². The smallest absolute Gasteiger partial charge is 0.151 e. The van der Waals surface area contributed by atoms with Gasteiger partial charge in [-0.05, 0) is 31.0 Å². The number of rotatable bonds is 3. The standard InChI is InChI=1S/C10H9ClO2/c11-10-5-9(13-8-3-4-8)2-1-7(10)6-12/h1-2,5-6,8H,3-4H2. The molecule has 1 saturated carbocycles. The van der Waals surface area contributed by atoms with Crippen LogP contribution >= 0.6 is 11.6 Å². The highest BCUT2D eigenvalue weighted by molar-refractivity contribution is 6.33. The molecule has 0 saturated heterocycles. The third-order valence-corrected chi connectivity index (χ3v) is 2.25. The predicted molar refractivity (Wildman–Crippen MR) is 50.5 cm³/mol. The third kappa shape index (κ3) is 2.01. The topological polar surface area (TPSA) is 26.3 Å². The fourth-order valence-electron chi connectivity index (χ4n) is 1.06. The van der Waals surface area contributed by atoms with Gasteiger partial charge in [0.25, 0.3) is 0 Å². The number of hydrogen-bond acceptors (Lipinski definition) is 2. The summed E-state index contributed by atoms with van der Waals surface area (Å²) in [5.74, 6) is 0.748. The molecule has 1 fully saturated rings. The van der Waals surface area contributed by atoms with Crippen molar-refractivity contribution in [3.05, 3.63) is 28.8 Å². The molecule has 0 unspecified atom stereocenters. The van der Waals surface area contributed by atoms with Crippen molar-refractivity contribution in [1.82, 2.24) is 0 Å². The highest BCUT2D eigenvalue weighted by Gasteiger charge is 2.23. The molecule has 3 heteroatoms. The molecule has 68 valence electrons. The van der Waals surface area contributed by atoms with Crippen LogP contribution in [0.5, 0.6) is 5.75 Å². The molecule has 1 aliphatic rings. The lowest BCUT2D eigenvalue weighted by Crippen LogP contribution is -1.96. The van der Waals surface area contributed by atoms with Crippen molar-refractivity contribution in [3.8, 4) is 5.75 Å². The number of benzene rings is 1. The fraction of sp³-hybridized carbons (Fsp3) is 0.300.